The van der Waals surface area contributed by atoms with Crippen molar-refractivity contribution in [2.45, 2.75) is 12.6 Å². The van der Waals surface area contributed by atoms with Crippen LogP contribution >= 0.6 is 11.6 Å². The van der Waals surface area contributed by atoms with Crippen LogP contribution in [-0.4, -0.2) is 21.6 Å². The Labute approximate surface area is 155 Å². The molecule has 7 heteroatoms. The molecule has 132 valence electrons. The minimum absolute atomic E-state index is 0.333. The summed E-state index contributed by atoms with van der Waals surface area (Å²) >= 11 is 6.14. The molecule has 0 saturated heterocycles. The Morgan fingerprint density at radius 3 is 2.50 bits per heavy atom. The maximum Gasteiger partial charge on any atom is 0.255 e. The number of primary amides is 1. The summed E-state index contributed by atoms with van der Waals surface area (Å²) in [4.78, 5) is 24.2. The molecule has 6 nitrogen and oxygen atoms in total. The Balaban J connectivity index is 1.73. The second-order valence-electron chi connectivity index (χ2n) is 5.74. The lowest BCUT2D eigenvalue weighted by Crippen LogP contribution is -2.37. The first-order chi connectivity index (χ1) is 12.5. The van der Waals surface area contributed by atoms with E-state index in [0.29, 0.717) is 22.7 Å². The van der Waals surface area contributed by atoms with Gasteiger partial charge in [-0.25, -0.2) is 0 Å². The largest absolute Gasteiger partial charge is 0.368 e. The van der Waals surface area contributed by atoms with E-state index in [1.54, 1.807) is 41.2 Å². The zero-order chi connectivity index (χ0) is 18.5. The van der Waals surface area contributed by atoms with Crippen LogP contribution in [0.25, 0.3) is 0 Å². The molecular weight excluding hydrogens is 352 g/mol. The normalized spacial score (nSPS) is 11.7. The van der Waals surface area contributed by atoms with E-state index >= 15 is 0 Å². The molecule has 0 bridgehead atoms. The van der Waals surface area contributed by atoms with Crippen molar-refractivity contribution < 1.29 is 9.59 Å². The van der Waals surface area contributed by atoms with Crippen molar-refractivity contribution in [3.8, 4) is 0 Å². The van der Waals surface area contributed by atoms with Gasteiger partial charge in [-0.2, -0.15) is 5.10 Å². The molecule has 2 amide bonds. The van der Waals surface area contributed by atoms with Crippen LogP contribution in [0.3, 0.4) is 0 Å². The van der Waals surface area contributed by atoms with Crippen LogP contribution in [0.1, 0.15) is 27.5 Å². The Morgan fingerprint density at radius 1 is 1.12 bits per heavy atom. The van der Waals surface area contributed by atoms with E-state index in [9.17, 15) is 9.59 Å². The Bertz CT molecular complexity index is 924. The van der Waals surface area contributed by atoms with Gasteiger partial charge in [-0.1, -0.05) is 60.1 Å². The first-order valence-corrected chi connectivity index (χ1v) is 8.33. The minimum Gasteiger partial charge on any atom is -0.368 e. The highest BCUT2D eigenvalue weighted by atomic mass is 35.5. The van der Waals surface area contributed by atoms with Gasteiger partial charge in [0.15, 0.2) is 0 Å². The molecule has 0 aliphatic heterocycles. The number of hydrogen-bond acceptors (Lipinski definition) is 3. The molecule has 1 atom stereocenters. The van der Waals surface area contributed by atoms with Crippen LogP contribution in [0, 0.1) is 0 Å². The van der Waals surface area contributed by atoms with Crippen molar-refractivity contribution in [1.29, 1.82) is 0 Å². The summed E-state index contributed by atoms with van der Waals surface area (Å²) in [7, 11) is 0. The molecule has 0 radical (unpaired) electrons. The minimum atomic E-state index is -0.907. The summed E-state index contributed by atoms with van der Waals surface area (Å²) in [6.07, 6.45) is 3.04. The van der Waals surface area contributed by atoms with Crippen LogP contribution in [0.5, 0.6) is 0 Å². The fraction of sp³-hybridized carbons (Fsp3) is 0.105. The summed E-state index contributed by atoms with van der Waals surface area (Å²) in [5.41, 5.74) is 7.28. The highest BCUT2D eigenvalue weighted by molar-refractivity contribution is 6.31. The summed E-state index contributed by atoms with van der Waals surface area (Å²) < 4.78 is 1.61. The van der Waals surface area contributed by atoms with Crippen molar-refractivity contribution in [2.75, 3.05) is 0 Å². The summed E-state index contributed by atoms with van der Waals surface area (Å²) in [6, 6.07) is 15.4. The molecule has 3 N–H and O–H groups in total. The number of amides is 2. The van der Waals surface area contributed by atoms with E-state index in [4.69, 9.17) is 17.3 Å². The Kier molecular flexibility index (Phi) is 5.34. The predicted molar refractivity (Wildman–Crippen MR) is 98.6 cm³/mol. The van der Waals surface area contributed by atoms with E-state index in [-0.39, 0.29) is 0 Å². The molecule has 0 aliphatic rings. The van der Waals surface area contributed by atoms with Crippen LogP contribution < -0.4 is 11.1 Å². The lowest BCUT2D eigenvalue weighted by atomic mass is 10.1. The first-order valence-electron chi connectivity index (χ1n) is 7.95. The van der Waals surface area contributed by atoms with Crippen LogP contribution in [-0.2, 0) is 11.3 Å². The zero-order valence-corrected chi connectivity index (χ0v) is 14.6. The van der Waals surface area contributed by atoms with Gasteiger partial charge in [-0.15, -0.1) is 0 Å². The second-order valence-corrected chi connectivity index (χ2v) is 6.14. The third-order valence-electron chi connectivity index (χ3n) is 3.88. The molecule has 1 aromatic heterocycles. The van der Waals surface area contributed by atoms with Gasteiger partial charge >= 0.3 is 0 Å². The number of nitrogens with two attached hydrogens (primary N) is 1. The number of benzene rings is 2. The smallest absolute Gasteiger partial charge is 0.255 e. The third-order valence-corrected chi connectivity index (χ3v) is 4.25. The molecular formula is C19H17ClN4O2. The van der Waals surface area contributed by atoms with Gasteiger partial charge < -0.3 is 11.1 Å². The van der Waals surface area contributed by atoms with Crippen molar-refractivity contribution in [2.24, 2.45) is 5.73 Å². The number of hydrogen-bond donors (Lipinski definition) is 2. The van der Waals surface area contributed by atoms with Gasteiger partial charge in [0.2, 0.25) is 5.91 Å². The van der Waals surface area contributed by atoms with Crippen molar-refractivity contribution in [3.63, 3.8) is 0 Å². The van der Waals surface area contributed by atoms with E-state index in [2.05, 4.69) is 10.4 Å². The van der Waals surface area contributed by atoms with Gasteiger partial charge in [0, 0.05) is 11.2 Å². The lowest BCUT2D eigenvalue weighted by Gasteiger charge is -2.15. The summed E-state index contributed by atoms with van der Waals surface area (Å²) in [6.45, 7) is 0.435. The Hall–Kier alpha value is -3.12. The number of nitrogens with zero attached hydrogens (tertiary/aromatic N) is 2. The average Bonchev–Trinajstić information content (AvgIpc) is 3.10. The van der Waals surface area contributed by atoms with Crippen LogP contribution in [0.4, 0.5) is 0 Å². The number of halogens is 1. The van der Waals surface area contributed by atoms with Gasteiger partial charge in [0.25, 0.3) is 5.91 Å². The molecule has 3 rings (SSSR count). The van der Waals surface area contributed by atoms with E-state index in [1.165, 1.54) is 6.20 Å². The molecule has 1 heterocycles. The standard InChI is InChI=1S/C19H17ClN4O2/c20-16-9-5-4-8-14(16)11-24-12-15(10-22-24)19(26)23-17(18(21)25)13-6-2-1-3-7-13/h1-10,12,17H,11H2,(H2,21,25)(H,23,26). The predicted octanol–water partition coefficient (Wildman–Crippen LogP) is 2.54. The zero-order valence-electron chi connectivity index (χ0n) is 13.8. The number of carbonyl (C=O) groups excluding carboxylic acids is 2. The maximum absolute atomic E-state index is 12.5. The van der Waals surface area contributed by atoms with Crippen molar-refractivity contribution in [1.82, 2.24) is 15.1 Å². The molecule has 0 fully saturated rings. The summed E-state index contributed by atoms with van der Waals surface area (Å²) in [5, 5.41) is 7.46. The van der Waals surface area contributed by atoms with Crippen molar-refractivity contribution >= 4 is 23.4 Å². The molecule has 2 aromatic carbocycles. The number of carbonyl (C=O) groups is 2. The number of nitrogens with one attached hydrogen (secondary N) is 1. The third kappa shape index (κ3) is 4.10. The molecule has 0 aliphatic carbocycles. The van der Waals surface area contributed by atoms with E-state index in [0.717, 1.165) is 5.56 Å². The van der Waals surface area contributed by atoms with Crippen molar-refractivity contribution in [3.05, 3.63) is 88.7 Å². The van der Waals surface area contributed by atoms with E-state index in [1.807, 2.05) is 24.3 Å². The van der Waals surface area contributed by atoms with Crippen LogP contribution in [0.2, 0.25) is 5.02 Å². The Morgan fingerprint density at radius 2 is 1.81 bits per heavy atom. The molecule has 0 spiro atoms. The van der Waals surface area contributed by atoms with E-state index < -0.39 is 17.9 Å². The van der Waals surface area contributed by atoms with Gasteiger partial charge in [-0.3, -0.25) is 14.3 Å². The van der Waals surface area contributed by atoms with Gasteiger partial charge in [0.1, 0.15) is 6.04 Å². The quantitative estimate of drug-likeness (QED) is 0.700. The monoisotopic (exact) mass is 368 g/mol. The fourth-order valence-corrected chi connectivity index (χ4v) is 2.74. The lowest BCUT2D eigenvalue weighted by molar-refractivity contribution is -0.120. The topological polar surface area (TPSA) is 90.0 Å². The molecule has 26 heavy (non-hydrogen) atoms. The second kappa shape index (κ2) is 7.84. The summed E-state index contributed by atoms with van der Waals surface area (Å²) in [5.74, 6) is -1.06. The van der Waals surface area contributed by atoms with Gasteiger partial charge in [-0.05, 0) is 17.2 Å². The molecule has 1 unspecified atom stereocenters. The first kappa shape index (κ1) is 17.7. The SMILES string of the molecule is NC(=O)C(NC(=O)c1cnn(Cc2ccccc2Cl)c1)c1ccccc1. The van der Waals surface area contributed by atoms with Gasteiger partial charge in [0.05, 0.1) is 18.3 Å². The fourth-order valence-electron chi connectivity index (χ4n) is 2.55. The molecule has 0 saturated carbocycles. The average molecular weight is 369 g/mol. The highest BCUT2D eigenvalue weighted by Gasteiger charge is 2.21. The highest BCUT2D eigenvalue weighted by Crippen LogP contribution is 2.17. The molecule has 3 aromatic rings. The van der Waals surface area contributed by atoms with Crippen LogP contribution in [0.15, 0.2) is 67.0 Å². The number of rotatable bonds is 6. The maximum atomic E-state index is 12.5. The number of aromatic nitrogens is 2.